The van der Waals surface area contributed by atoms with E-state index in [0.29, 0.717) is 6.42 Å². The number of morpholine rings is 1. The summed E-state index contributed by atoms with van der Waals surface area (Å²) in [5.74, 6) is 0.165. The number of aryl methyl sites for hydroxylation is 1. The highest BCUT2D eigenvalue weighted by molar-refractivity contribution is 5.76. The summed E-state index contributed by atoms with van der Waals surface area (Å²) in [6.45, 7) is 4.30. The second kappa shape index (κ2) is 6.37. The van der Waals surface area contributed by atoms with Crippen LogP contribution in [0.4, 0.5) is 0 Å². The van der Waals surface area contributed by atoms with Gasteiger partial charge in [0.25, 0.3) is 0 Å². The van der Waals surface area contributed by atoms with Gasteiger partial charge >= 0.3 is 0 Å². The molecule has 0 aromatic heterocycles. The highest BCUT2D eigenvalue weighted by Gasteiger charge is 2.23. The van der Waals surface area contributed by atoms with Crippen LogP contribution in [0, 0.1) is 0 Å². The highest BCUT2D eigenvalue weighted by Crippen LogP contribution is 2.30. The average Bonchev–Trinajstić information content (AvgIpc) is 2.90. The zero-order valence-corrected chi connectivity index (χ0v) is 11.8. The first-order chi connectivity index (χ1) is 9.83. The smallest absolute Gasteiger partial charge is 0.221 e. The van der Waals surface area contributed by atoms with Crippen molar-refractivity contribution in [3.8, 4) is 0 Å². The fourth-order valence-corrected chi connectivity index (χ4v) is 3.06. The molecule has 1 aliphatic carbocycles. The first kappa shape index (κ1) is 13.6. The molecule has 3 rings (SSSR count). The SMILES string of the molecule is O=C(CCN1CCOCC1)NC1CCc2ccccc21. The van der Waals surface area contributed by atoms with Gasteiger partial charge in [-0.05, 0) is 24.0 Å². The second-order valence-electron chi connectivity index (χ2n) is 5.56. The zero-order valence-electron chi connectivity index (χ0n) is 11.8. The van der Waals surface area contributed by atoms with Gasteiger partial charge < -0.3 is 10.1 Å². The lowest BCUT2D eigenvalue weighted by Crippen LogP contribution is -2.39. The molecule has 1 heterocycles. The molecular formula is C16H22N2O2. The van der Waals surface area contributed by atoms with Crippen molar-refractivity contribution >= 4 is 5.91 Å². The van der Waals surface area contributed by atoms with Gasteiger partial charge in [-0.15, -0.1) is 0 Å². The molecule has 1 atom stereocenters. The minimum Gasteiger partial charge on any atom is -0.379 e. The van der Waals surface area contributed by atoms with E-state index in [0.717, 1.165) is 45.7 Å². The predicted octanol–water partition coefficient (Wildman–Crippen LogP) is 1.51. The Labute approximate surface area is 120 Å². The summed E-state index contributed by atoms with van der Waals surface area (Å²) in [4.78, 5) is 14.4. The van der Waals surface area contributed by atoms with E-state index < -0.39 is 0 Å². The van der Waals surface area contributed by atoms with Crippen molar-refractivity contribution in [1.29, 1.82) is 0 Å². The van der Waals surface area contributed by atoms with Gasteiger partial charge in [0.2, 0.25) is 5.91 Å². The molecule has 1 unspecified atom stereocenters. The summed E-state index contributed by atoms with van der Waals surface area (Å²) in [5.41, 5.74) is 2.68. The minimum atomic E-state index is 0.165. The van der Waals surface area contributed by atoms with Crippen LogP contribution in [0.2, 0.25) is 0 Å². The highest BCUT2D eigenvalue weighted by atomic mass is 16.5. The quantitative estimate of drug-likeness (QED) is 0.905. The minimum absolute atomic E-state index is 0.165. The van der Waals surface area contributed by atoms with Crippen LogP contribution >= 0.6 is 0 Å². The standard InChI is InChI=1S/C16H22N2O2/c19-16(7-8-18-9-11-20-12-10-18)17-15-6-5-13-3-1-2-4-14(13)15/h1-4,15H,5-12H2,(H,17,19). The molecule has 1 saturated heterocycles. The van der Waals surface area contributed by atoms with E-state index in [4.69, 9.17) is 4.74 Å². The number of fused-ring (bicyclic) bond motifs is 1. The lowest BCUT2D eigenvalue weighted by molar-refractivity contribution is -0.122. The van der Waals surface area contributed by atoms with Crippen molar-refractivity contribution in [3.63, 3.8) is 0 Å². The molecule has 1 aliphatic heterocycles. The maximum absolute atomic E-state index is 12.1. The van der Waals surface area contributed by atoms with E-state index in [9.17, 15) is 4.79 Å². The van der Waals surface area contributed by atoms with Gasteiger partial charge in [-0.1, -0.05) is 24.3 Å². The van der Waals surface area contributed by atoms with E-state index in [-0.39, 0.29) is 11.9 Å². The molecule has 1 fully saturated rings. The summed E-state index contributed by atoms with van der Waals surface area (Å²) in [7, 11) is 0. The number of amides is 1. The van der Waals surface area contributed by atoms with Crippen LogP contribution in [0.1, 0.15) is 30.0 Å². The Hall–Kier alpha value is -1.39. The topological polar surface area (TPSA) is 41.6 Å². The Kier molecular flexibility index (Phi) is 4.33. The summed E-state index contributed by atoms with van der Waals surface area (Å²) in [6, 6.07) is 8.63. The van der Waals surface area contributed by atoms with Crippen LogP contribution in [0.25, 0.3) is 0 Å². The van der Waals surface area contributed by atoms with Crippen LogP contribution in [0.15, 0.2) is 24.3 Å². The second-order valence-corrected chi connectivity index (χ2v) is 5.56. The molecule has 4 nitrogen and oxygen atoms in total. The maximum atomic E-state index is 12.1. The Morgan fingerprint density at radius 1 is 1.30 bits per heavy atom. The molecule has 108 valence electrons. The first-order valence-electron chi connectivity index (χ1n) is 7.50. The molecule has 0 bridgehead atoms. The number of benzene rings is 1. The Bertz CT molecular complexity index is 469. The molecule has 2 aliphatic rings. The van der Waals surface area contributed by atoms with Crippen molar-refractivity contribution in [2.45, 2.75) is 25.3 Å². The molecule has 0 radical (unpaired) electrons. The van der Waals surface area contributed by atoms with Crippen molar-refractivity contribution in [2.24, 2.45) is 0 Å². The largest absolute Gasteiger partial charge is 0.379 e. The molecule has 20 heavy (non-hydrogen) atoms. The summed E-state index contributed by atoms with van der Waals surface area (Å²) >= 11 is 0. The predicted molar refractivity (Wildman–Crippen MR) is 77.5 cm³/mol. The third-order valence-corrected chi connectivity index (χ3v) is 4.23. The molecule has 1 amide bonds. The van der Waals surface area contributed by atoms with Crippen molar-refractivity contribution in [3.05, 3.63) is 35.4 Å². The van der Waals surface area contributed by atoms with Gasteiger partial charge in [0.05, 0.1) is 19.3 Å². The van der Waals surface area contributed by atoms with E-state index in [1.807, 2.05) is 0 Å². The molecule has 4 heteroatoms. The van der Waals surface area contributed by atoms with E-state index >= 15 is 0 Å². The normalized spacial score (nSPS) is 22.5. The van der Waals surface area contributed by atoms with E-state index in [1.54, 1.807) is 0 Å². The lowest BCUT2D eigenvalue weighted by atomic mass is 10.1. The fourth-order valence-electron chi connectivity index (χ4n) is 3.06. The summed E-state index contributed by atoms with van der Waals surface area (Å²) < 4.78 is 5.31. The average molecular weight is 274 g/mol. The molecule has 1 aromatic rings. The monoisotopic (exact) mass is 274 g/mol. The number of carbonyl (C=O) groups excluding carboxylic acids is 1. The molecule has 1 N–H and O–H groups in total. The van der Waals surface area contributed by atoms with Crippen LogP contribution in [0.3, 0.4) is 0 Å². The number of nitrogens with zero attached hydrogens (tertiary/aromatic N) is 1. The van der Waals surface area contributed by atoms with Gasteiger partial charge in [0.1, 0.15) is 0 Å². The van der Waals surface area contributed by atoms with E-state index in [1.165, 1.54) is 11.1 Å². The number of carbonyl (C=O) groups is 1. The lowest BCUT2D eigenvalue weighted by Gasteiger charge is -2.26. The van der Waals surface area contributed by atoms with Crippen molar-refractivity contribution in [1.82, 2.24) is 10.2 Å². The van der Waals surface area contributed by atoms with Crippen LogP contribution < -0.4 is 5.32 Å². The molecule has 0 saturated carbocycles. The molecule has 1 aromatic carbocycles. The fraction of sp³-hybridized carbons (Fsp3) is 0.562. The summed E-state index contributed by atoms with van der Waals surface area (Å²) in [6.07, 6.45) is 2.69. The van der Waals surface area contributed by atoms with Gasteiger partial charge in [-0.25, -0.2) is 0 Å². The number of nitrogens with one attached hydrogen (secondary N) is 1. The van der Waals surface area contributed by atoms with Crippen LogP contribution in [-0.2, 0) is 16.0 Å². The Balaban J connectivity index is 1.47. The van der Waals surface area contributed by atoms with Gasteiger partial charge in [-0.2, -0.15) is 0 Å². The van der Waals surface area contributed by atoms with Gasteiger partial charge in [0, 0.05) is 26.1 Å². The molecule has 0 spiro atoms. The zero-order chi connectivity index (χ0) is 13.8. The van der Waals surface area contributed by atoms with Crippen LogP contribution in [-0.4, -0.2) is 43.7 Å². The van der Waals surface area contributed by atoms with Crippen molar-refractivity contribution < 1.29 is 9.53 Å². The Morgan fingerprint density at radius 3 is 2.95 bits per heavy atom. The first-order valence-corrected chi connectivity index (χ1v) is 7.50. The summed E-state index contributed by atoms with van der Waals surface area (Å²) in [5, 5.41) is 3.18. The third kappa shape index (κ3) is 3.19. The van der Waals surface area contributed by atoms with Crippen LogP contribution in [0.5, 0.6) is 0 Å². The Morgan fingerprint density at radius 2 is 2.10 bits per heavy atom. The molecular weight excluding hydrogens is 252 g/mol. The number of ether oxygens (including phenoxy) is 1. The maximum Gasteiger partial charge on any atom is 0.221 e. The van der Waals surface area contributed by atoms with Crippen molar-refractivity contribution in [2.75, 3.05) is 32.8 Å². The number of rotatable bonds is 4. The van der Waals surface area contributed by atoms with Gasteiger partial charge in [-0.3, -0.25) is 9.69 Å². The number of hydrogen-bond acceptors (Lipinski definition) is 3. The third-order valence-electron chi connectivity index (χ3n) is 4.23. The van der Waals surface area contributed by atoms with Gasteiger partial charge in [0.15, 0.2) is 0 Å². The number of hydrogen-bond donors (Lipinski definition) is 1. The van der Waals surface area contributed by atoms with E-state index in [2.05, 4.69) is 34.5 Å².